The van der Waals surface area contributed by atoms with Gasteiger partial charge in [0.15, 0.2) is 0 Å². The predicted molar refractivity (Wildman–Crippen MR) is 85.1 cm³/mol. The van der Waals surface area contributed by atoms with Gasteiger partial charge in [-0.15, -0.1) is 0 Å². The lowest BCUT2D eigenvalue weighted by Gasteiger charge is -2.36. The van der Waals surface area contributed by atoms with Gasteiger partial charge in [0.1, 0.15) is 5.75 Å². The van der Waals surface area contributed by atoms with Gasteiger partial charge < -0.3 is 9.47 Å². The van der Waals surface area contributed by atoms with Crippen LogP contribution in [-0.2, 0) is 14.8 Å². The largest absolute Gasteiger partial charge is 0.491 e. The maximum Gasteiger partial charge on any atom is 0.209 e. The summed E-state index contributed by atoms with van der Waals surface area (Å²) in [5, 5.41) is 5.70. The van der Waals surface area contributed by atoms with Crippen molar-refractivity contribution in [2.24, 2.45) is 10.6 Å². The molecular weight excluding hydrogens is 382 g/mol. The highest BCUT2D eigenvalue weighted by Crippen LogP contribution is 2.35. The predicted octanol–water partition coefficient (Wildman–Crippen LogP) is 2.57. The normalized spacial score (nSPS) is 18.4. The topological polar surface area (TPSA) is 78.6 Å². The molecule has 21 heavy (non-hydrogen) atoms. The van der Waals surface area contributed by atoms with Gasteiger partial charge in [0.2, 0.25) is 10.0 Å². The third-order valence-electron chi connectivity index (χ3n) is 3.49. The zero-order chi connectivity index (χ0) is 15.5. The Morgan fingerprint density at radius 3 is 2.67 bits per heavy atom. The molecule has 2 rings (SSSR count). The zero-order valence-electron chi connectivity index (χ0n) is 11.3. The first-order valence-electron chi connectivity index (χ1n) is 6.46. The van der Waals surface area contributed by atoms with E-state index in [0.717, 1.165) is 4.47 Å². The summed E-state index contributed by atoms with van der Waals surface area (Å²) in [4.78, 5) is 0. The molecule has 1 aliphatic heterocycles. The molecule has 0 aliphatic carbocycles. The second-order valence-electron chi connectivity index (χ2n) is 5.28. The van der Waals surface area contributed by atoms with Crippen LogP contribution in [0.2, 0.25) is 5.02 Å². The third-order valence-corrected chi connectivity index (χ3v) is 5.31. The zero-order valence-corrected chi connectivity index (χ0v) is 14.5. The first-order chi connectivity index (χ1) is 9.80. The molecule has 1 aromatic rings. The maximum absolute atomic E-state index is 11.5. The van der Waals surface area contributed by atoms with Gasteiger partial charge in [-0.1, -0.05) is 27.5 Å². The average Bonchev–Trinajstić information content (AvgIpc) is 2.39. The second kappa shape index (κ2) is 6.83. The molecule has 1 saturated heterocycles. The molecule has 1 fully saturated rings. The molecule has 0 spiro atoms. The Balaban J connectivity index is 2.14. The molecule has 5 nitrogen and oxygen atoms in total. The number of nitrogens with two attached hydrogens (primary N) is 1. The van der Waals surface area contributed by atoms with Crippen molar-refractivity contribution in [3.63, 3.8) is 0 Å². The summed E-state index contributed by atoms with van der Waals surface area (Å²) < 4.78 is 34.9. The van der Waals surface area contributed by atoms with E-state index in [-0.39, 0.29) is 12.4 Å². The van der Waals surface area contributed by atoms with Crippen LogP contribution in [0.1, 0.15) is 12.8 Å². The fourth-order valence-electron chi connectivity index (χ4n) is 2.38. The van der Waals surface area contributed by atoms with E-state index in [4.69, 9.17) is 26.2 Å². The fraction of sp³-hybridized carbons (Fsp3) is 0.538. The summed E-state index contributed by atoms with van der Waals surface area (Å²) in [7, 11) is -3.58. The highest BCUT2D eigenvalue weighted by molar-refractivity contribution is 9.10. The number of hydrogen-bond donors (Lipinski definition) is 1. The lowest BCUT2D eigenvalue weighted by atomic mass is 9.83. The molecule has 0 aromatic heterocycles. The summed E-state index contributed by atoms with van der Waals surface area (Å²) in [6, 6.07) is 5.29. The van der Waals surface area contributed by atoms with Crippen LogP contribution >= 0.6 is 27.5 Å². The number of ether oxygens (including phenoxy) is 2. The minimum Gasteiger partial charge on any atom is -0.491 e. The van der Waals surface area contributed by atoms with Gasteiger partial charge in [-0.2, -0.15) is 0 Å². The van der Waals surface area contributed by atoms with Gasteiger partial charge in [0, 0.05) is 23.1 Å². The number of primary sulfonamides is 1. The van der Waals surface area contributed by atoms with Gasteiger partial charge in [0.05, 0.1) is 17.4 Å². The van der Waals surface area contributed by atoms with Crippen LogP contribution in [0.5, 0.6) is 5.75 Å². The van der Waals surface area contributed by atoms with Crippen molar-refractivity contribution in [2.45, 2.75) is 12.8 Å². The lowest BCUT2D eigenvalue weighted by Crippen LogP contribution is -2.42. The number of hydrogen-bond acceptors (Lipinski definition) is 4. The van der Waals surface area contributed by atoms with E-state index in [0.29, 0.717) is 36.8 Å². The van der Waals surface area contributed by atoms with Crippen molar-refractivity contribution < 1.29 is 17.9 Å². The molecule has 1 heterocycles. The van der Waals surface area contributed by atoms with Crippen molar-refractivity contribution in [1.82, 2.24) is 0 Å². The number of rotatable bonds is 5. The van der Waals surface area contributed by atoms with Crippen molar-refractivity contribution >= 4 is 37.6 Å². The Kier molecular flexibility index (Phi) is 5.54. The molecule has 1 aliphatic rings. The standard InChI is InChI=1S/C13H17BrClNO4S/c14-10-1-2-11(15)12(7-10)20-8-13(9-21(16,17)18)3-5-19-6-4-13/h1-2,7H,3-6,8-9H2,(H2,16,17,18). The van der Waals surface area contributed by atoms with Crippen LogP contribution < -0.4 is 9.88 Å². The van der Waals surface area contributed by atoms with Gasteiger partial charge >= 0.3 is 0 Å². The Labute approximate surface area is 137 Å². The summed E-state index contributed by atoms with van der Waals surface area (Å²) in [6.07, 6.45) is 1.18. The van der Waals surface area contributed by atoms with Crippen molar-refractivity contribution in [3.8, 4) is 5.75 Å². The molecule has 8 heteroatoms. The minimum atomic E-state index is -3.58. The molecular formula is C13H17BrClNO4S. The SMILES string of the molecule is NS(=O)(=O)CC1(COc2cc(Br)ccc2Cl)CCOCC1. The minimum absolute atomic E-state index is 0.116. The van der Waals surface area contributed by atoms with Crippen LogP contribution in [0, 0.1) is 5.41 Å². The van der Waals surface area contributed by atoms with Crippen molar-refractivity contribution in [2.75, 3.05) is 25.6 Å². The molecule has 0 amide bonds. The number of benzene rings is 1. The second-order valence-corrected chi connectivity index (χ2v) is 8.22. The van der Waals surface area contributed by atoms with E-state index in [1.807, 2.05) is 6.07 Å². The van der Waals surface area contributed by atoms with Crippen LogP contribution in [0.25, 0.3) is 0 Å². The Hall–Kier alpha value is -0.340. The number of sulfonamides is 1. The summed E-state index contributed by atoms with van der Waals surface area (Å²) >= 11 is 9.43. The molecule has 0 radical (unpaired) electrons. The van der Waals surface area contributed by atoms with Crippen LogP contribution in [0.4, 0.5) is 0 Å². The van der Waals surface area contributed by atoms with Crippen molar-refractivity contribution in [3.05, 3.63) is 27.7 Å². The quantitative estimate of drug-likeness (QED) is 0.827. The smallest absolute Gasteiger partial charge is 0.209 e. The van der Waals surface area contributed by atoms with Crippen LogP contribution in [0.15, 0.2) is 22.7 Å². The molecule has 0 bridgehead atoms. The first-order valence-corrected chi connectivity index (χ1v) is 9.34. The van der Waals surface area contributed by atoms with Gasteiger partial charge in [-0.25, -0.2) is 13.6 Å². The fourth-order valence-corrected chi connectivity index (χ4v) is 4.12. The van der Waals surface area contributed by atoms with Gasteiger partial charge in [-0.3, -0.25) is 0 Å². The molecule has 1 aromatic carbocycles. The number of halogens is 2. The summed E-state index contributed by atoms with van der Waals surface area (Å²) in [5.41, 5.74) is -0.530. The summed E-state index contributed by atoms with van der Waals surface area (Å²) in [5.74, 6) is 0.404. The first kappa shape index (κ1) is 17.0. The average molecular weight is 399 g/mol. The van der Waals surface area contributed by atoms with E-state index < -0.39 is 15.4 Å². The summed E-state index contributed by atoms with van der Waals surface area (Å²) in [6.45, 7) is 1.25. The van der Waals surface area contributed by atoms with Crippen LogP contribution in [-0.4, -0.2) is 34.0 Å². The lowest BCUT2D eigenvalue weighted by molar-refractivity contribution is 0.00210. The Morgan fingerprint density at radius 2 is 2.05 bits per heavy atom. The van der Waals surface area contributed by atoms with E-state index in [1.54, 1.807) is 12.1 Å². The molecule has 0 unspecified atom stereocenters. The van der Waals surface area contributed by atoms with Gasteiger partial charge in [0.25, 0.3) is 0 Å². The van der Waals surface area contributed by atoms with Crippen LogP contribution in [0.3, 0.4) is 0 Å². The molecule has 0 atom stereocenters. The Bertz CT molecular complexity index is 602. The van der Waals surface area contributed by atoms with E-state index in [1.165, 1.54) is 0 Å². The Morgan fingerprint density at radius 1 is 1.38 bits per heavy atom. The van der Waals surface area contributed by atoms with Gasteiger partial charge in [-0.05, 0) is 31.0 Å². The monoisotopic (exact) mass is 397 g/mol. The maximum atomic E-state index is 11.5. The highest BCUT2D eigenvalue weighted by Gasteiger charge is 2.37. The van der Waals surface area contributed by atoms with E-state index in [9.17, 15) is 8.42 Å². The third kappa shape index (κ3) is 5.10. The molecule has 2 N–H and O–H groups in total. The molecule has 118 valence electrons. The highest BCUT2D eigenvalue weighted by atomic mass is 79.9. The molecule has 0 saturated carbocycles. The van der Waals surface area contributed by atoms with E-state index >= 15 is 0 Å². The van der Waals surface area contributed by atoms with Crippen molar-refractivity contribution in [1.29, 1.82) is 0 Å². The van der Waals surface area contributed by atoms with E-state index in [2.05, 4.69) is 15.9 Å².